The number of aromatic nitrogens is 2. The molecule has 1 atom stereocenters. The summed E-state index contributed by atoms with van der Waals surface area (Å²) in [5.41, 5.74) is 8.71. The molecule has 0 bridgehead atoms. The number of thiophene rings is 1. The summed E-state index contributed by atoms with van der Waals surface area (Å²) in [4.78, 5) is 2.77. The minimum absolute atomic E-state index is 0.0724. The van der Waals surface area contributed by atoms with Gasteiger partial charge in [-0.2, -0.15) is 16.9 Å². The summed E-state index contributed by atoms with van der Waals surface area (Å²) in [5.74, 6) is 2.38. The first-order valence-electron chi connectivity index (χ1n) is 5.68. The number of aryl methyl sites for hydroxylation is 2. The number of rotatable bonds is 2. The molecule has 0 radical (unpaired) electrons. The van der Waals surface area contributed by atoms with E-state index in [-0.39, 0.29) is 6.04 Å². The van der Waals surface area contributed by atoms with E-state index in [0.29, 0.717) is 0 Å². The monoisotopic (exact) mass is 265 g/mol. The number of thioether (sulfide) groups is 1. The summed E-state index contributed by atoms with van der Waals surface area (Å²) >= 11 is 3.87. The van der Waals surface area contributed by atoms with Crippen LogP contribution in [0.25, 0.3) is 0 Å². The normalized spacial score (nSPS) is 16.8. The van der Waals surface area contributed by atoms with E-state index in [1.165, 1.54) is 27.5 Å². The van der Waals surface area contributed by atoms with Crippen LogP contribution >= 0.6 is 23.1 Å². The summed E-state index contributed by atoms with van der Waals surface area (Å²) in [6.45, 7) is 0. The van der Waals surface area contributed by atoms with Crippen LogP contribution < -0.4 is 5.73 Å². The fourth-order valence-electron chi connectivity index (χ4n) is 2.07. The molecule has 1 aliphatic rings. The number of hydrogen-bond acceptors (Lipinski definition) is 4. The third kappa shape index (κ3) is 2.14. The van der Waals surface area contributed by atoms with Crippen LogP contribution in [-0.2, 0) is 19.2 Å². The van der Waals surface area contributed by atoms with Gasteiger partial charge in [-0.25, -0.2) is 0 Å². The van der Waals surface area contributed by atoms with Crippen LogP contribution in [0.5, 0.6) is 0 Å². The topological polar surface area (TPSA) is 43.8 Å². The number of nitrogens with two attached hydrogens (primary N) is 1. The molecule has 0 saturated carbocycles. The van der Waals surface area contributed by atoms with Gasteiger partial charge in [-0.15, -0.1) is 11.3 Å². The van der Waals surface area contributed by atoms with Crippen molar-refractivity contribution in [2.45, 2.75) is 18.2 Å². The van der Waals surface area contributed by atoms with Crippen LogP contribution in [0.2, 0.25) is 0 Å². The van der Waals surface area contributed by atoms with Crippen molar-refractivity contribution in [1.29, 1.82) is 0 Å². The van der Waals surface area contributed by atoms with Gasteiger partial charge < -0.3 is 5.73 Å². The highest BCUT2D eigenvalue weighted by atomic mass is 32.2. The lowest BCUT2D eigenvalue weighted by Gasteiger charge is -2.08. The van der Waals surface area contributed by atoms with Gasteiger partial charge in [0.1, 0.15) is 0 Å². The summed E-state index contributed by atoms with van der Waals surface area (Å²) in [5, 5.41) is 4.39. The zero-order valence-electron chi connectivity index (χ0n) is 9.72. The summed E-state index contributed by atoms with van der Waals surface area (Å²) in [6.07, 6.45) is 3.14. The summed E-state index contributed by atoms with van der Waals surface area (Å²) in [7, 11) is 1.92. The smallest absolute Gasteiger partial charge is 0.0845 e. The Kier molecular flexibility index (Phi) is 2.98. The molecule has 3 rings (SSSR count). The van der Waals surface area contributed by atoms with Crippen molar-refractivity contribution < 1.29 is 0 Å². The fourth-order valence-corrected chi connectivity index (χ4v) is 4.46. The van der Waals surface area contributed by atoms with Crippen LogP contribution in [0.1, 0.15) is 27.1 Å². The molecule has 5 heteroatoms. The van der Waals surface area contributed by atoms with E-state index >= 15 is 0 Å². The van der Waals surface area contributed by atoms with Gasteiger partial charge in [-0.3, -0.25) is 4.68 Å². The van der Waals surface area contributed by atoms with Crippen molar-refractivity contribution in [3.63, 3.8) is 0 Å². The number of hydrogen-bond donors (Lipinski definition) is 1. The van der Waals surface area contributed by atoms with E-state index in [4.69, 9.17) is 5.73 Å². The summed E-state index contributed by atoms with van der Waals surface area (Å²) < 4.78 is 1.80. The van der Waals surface area contributed by atoms with Crippen molar-refractivity contribution in [3.05, 3.63) is 39.3 Å². The molecule has 2 aromatic rings. The molecule has 0 amide bonds. The molecule has 0 spiro atoms. The number of nitrogens with zero attached hydrogens (tertiary/aromatic N) is 2. The maximum atomic E-state index is 6.27. The molecule has 0 saturated heterocycles. The Bertz CT molecular complexity index is 506. The van der Waals surface area contributed by atoms with Gasteiger partial charge in [0.2, 0.25) is 0 Å². The standard InChI is InChI=1S/C12H15N3S2/c1-15-4-2-9(14-15)12(13)11-6-8-7-16-5-3-10(8)17-11/h2,4,6,12H,3,5,7,13H2,1H3. The highest BCUT2D eigenvalue weighted by Crippen LogP contribution is 2.35. The van der Waals surface area contributed by atoms with E-state index in [0.717, 1.165) is 11.4 Å². The molecule has 17 heavy (non-hydrogen) atoms. The second-order valence-corrected chi connectivity index (χ2v) is 6.57. The lowest BCUT2D eigenvalue weighted by atomic mass is 10.1. The highest BCUT2D eigenvalue weighted by molar-refractivity contribution is 7.98. The quantitative estimate of drug-likeness (QED) is 0.906. The SMILES string of the molecule is Cn1ccc(C(N)c2cc3c(s2)CCSC3)n1. The van der Waals surface area contributed by atoms with Gasteiger partial charge in [0.15, 0.2) is 0 Å². The zero-order chi connectivity index (χ0) is 11.8. The van der Waals surface area contributed by atoms with Gasteiger partial charge in [0, 0.05) is 28.8 Å². The van der Waals surface area contributed by atoms with Crippen LogP contribution in [-0.4, -0.2) is 15.5 Å². The minimum Gasteiger partial charge on any atom is -0.318 e. The van der Waals surface area contributed by atoms with Crippen molar-refractivity contribution in [1.82, 2.24) is 9.78 Å². The zero-order valence-corrected chi connectivity index (χ0v) is 11.4. The van der Waals surface area contributed by atoms with Crippen molar-refractivity contribution >= 4 is 23.1 Å². The second-order valence-electron chi connectivity index (χ2n) is 4.29. The van der Waals surface area contributed by atoms with E-state index in [2.05, 4.69) is 11.2 Å². The molecule has 2 N–H and O–H groups in total. The lowest BCUT2D eigenvalue weighted by Crippen LogP contribution is -2.11. The Morgan fingerprint density at radius 2 is 2.41 bits per heavy atom. The first-order chi connectivity index (χ1) is 8.24. The van der Waals surface area contributed by atoms with Gasteiger partial charge in [-0.1, -0.05) is 0 Å². The number of fused-ring (bicyclic) bond motifs is 1. The molecule has 90 valence electrons. The molecule has 1 aliphatic heterocycles. The lowest BCUT2D eigenvalue weighted by molar-refractivity contribution is 0.720. The molecular formula is C12H15N3S2. The van der Waals surface area contributed by atoms with E-state index in [9.17, 15) is 0 Å². The molecular weight excluding hydrogens is 250 g/mol. The Balaban J connectivity index is 1.91. The van der Waals surface area contributed by atoms with Crippen molar-refractivity contribution in [2.75, 3.05) is 5.75 Å². The van der Waals surface area contributed by atoms with Gasteiger partial charge in [0.05, 0.1) is 11.7 Å². The largest absolute Gasteiger partial charge is 0.318 e. The third-order valence-corrected chi connectivity index (χ3v) is 5.33. The average molecular weight is 265 g/mol. The van der Waals surface area contributed by atoms with E-state index < -0.39 is 0 Å². The van der Waals surface area contributed by atoms with Crippen LogP contribution in [0.3, 0.4) is 0 Å². The molecule has 3 heterocycles. The maximum absolute atomic E-state index is 6.27. The highest BCUT2D eigenvalue weighted by Gasteiger charge is 2.19. The van der Waals surface area contributed by atoms with Gasteiger partial charge in [0.25, 0.3) is 0 Å². The van der Waals surface area contributed by atoms with Crippen LogP contribution in [0.4, 0.5) is 0 Å². The fraction of sp³-hybridized carbons (Fsp3) is 0.417. The summed E-state index contributed by atoms with van der Waals surface area (Å²) in [6, 6.07) is 4.20. The average Bonchev–Trinajstić information content (AvgIpc) is 2.93. The predicted molar refractivity (Wildman–Crippen MR) is 73.4 cm³/mol. The van der Waals surface area contributed by atoms with Crippen LogP contribution in [0, 0.1) is 0 Å². The first-order valence-corrected chi connectivity index (χ1v) is 7.65. The van der Waals surface area contributed by atoms with Gasteiger partial charge >= 0.3 is 0 Å². The second kappa shape index (κ2) is 4.48. The maximum Gasteiger partial charge on any atom is 0.0845 e. The van der Waals surface area contributed by atoms with Crippen molar-refractivity contribution in [2.24, 2.45) is 12.8 Å². The van der Waals surface area contributed by atoms with Crippen molar-refractivity contribution in [3.8, 4) is 0 Å². The molecule has 1 unspecified atom stereocenters. The Morgan fingerprint density at radius 1 is 1.53 bits per heavy atom. The Labute approximate surface area is 109 Å². The Morgan fingerprint density at radius 3 is 3.12 bits per heavy atom. The van der Waals surface area contributed by atoms with Gasteiger partial charge in [-0.05, 0) is 29.9 Å². The first kappa shape index (κ1) is 11.3. The molecule has 0 aromatic carbocycles. The molecule has 0 fully saturated rings. The molecule has 2 aromatic heterocycles. The Hall–Kier alpha value is -0.780. The van der Waals surface area contributed by atoms with Crippen LogP contribution in [0.15, 0.2) is 18.3 Å². The molecule has 3 nitrogen and oxygen atoms in total. The third-order valence-electron chi connectivity index (χ3n) is 3.01. The molecule has 0 aliphatic carbocycles. The van der Waals surface area contributed by atoms with E-state index in [1.807, 2.05) is 42.4 Å². The van der Waals surface area contributed by atoms with E-state index in [1.54, 1.807) is 4.68 Å². The minimum atomic E-state index is -0.0724. The predicted octanol–water partition coefficient (Wildman–Crippen LogP) is 2.32.